The van der Waals surface area contributed by atoms with Crippen LogP contribution in [0.25, 0.3) is 17.0 Å². The van der Waals surface area contributed by atoms with E-state index in [1.165, 1.54) is 0 Å². The van der Waals surface area contributed by atoms with E-state index in [1.54, 1.807) is 0 Å². The molecule has 1 heterocycles. The molecule has 5 nitrogen and oxygen atoms in total. The van der Waals surface area contributed by atoms with Crippen molar-refractivity contribution in [2.24, 2.45) is 0 Å². The Morgan fingerprint density at radius 3 is 2.44 bits per heavy atom. The summed E-state index contributed by atoms with van der Waals surface area (Å²) in [5, 5.41) is 7.07. The molecule has 0 unspecified atom stereocenters. The number of hydrogen-bond donors (Lipinski definition) is 3. The van der Waals surface area contributed by atoms with E-state index in [0.717, 1.165) is 26.9 Å². The Hall–Kier alpha value is -2.86. The number of rotatable bonds is 5. The van der Waals surface area contributed by atoms with Crippen LogP contribution in [0.4, 0.5) is 0 Å². The van der Waals surface area contributed by atoms with Gasteiger partial charge in [-0.05, 0) is 24.6 Å². The highest BCUT2D eigenvalue weighted by Crippen LogP contribution is 2.22. The fraction of sp³-hybridized carbons (Fsp3) is 0.0526. The normalized spacial score (nSPS) is 10.3. The van der Waals surface area contributed by atoms with Crippen LogP contribution in [0.1, 0.15) is 21.6 Å². The molecule has 2 aromatic carbocycles. The van der Waals surface area contributed by atoms with Crippen LogP contribution in [-0.4, -0.2) is 16.1 Å². The number of halogens is 1. The number of nitrogens with zero attached hydrogens (tertiary/aromatic N) is 1. The number of carbonyl (C=O) groups excluding carboxylic acids is 1. The third-order valence-electron chi connectivity index (χ3n) is 3.80. The second-order valence-electron chi connectivity index (χ2n) is 5.50. The molecule has 25 heavy (non-hydrogen) atoms. The van der Waals surface area contributed by atoms with Crippen LogP contribution < -0.4 is 10.9 Å². The number of amides is 1. The summed E-state index contributed by atoms with van der Waals surface area (Å²) in [4.78, 5) is 12.4. The molecule has 0 aliphatic heterocycles. The summed E-state index contributed by atoms with van der Waals surface area (Å²) in [5.74, 6) is -0.301. The highest BCUT2D eigenvalue weighted by molar-refractivity contribution is 9.10. The van der Waals surface area contributed by atoms with Crippen molar-refractivity contribution in [2.75, 3.05) is 0 Å². The molecule has 0 saturated heterocycles. The first-order valence-corrected chi connectivity index (χ1v) is 8.47. The minimum absolute atomic E-state index is 0.301. The van der Waals surface area contributed by atoms with Gasteiger partial charge in [0.05, 0.1) is 11.4 Å². The highest BCUT2D eigenvalue weighted by Gasteiger charge is 2.16. The number of aromatic amines is 1. The molecular formula is C19H17BrN4O. The molecule has 6 heteroatoms. The molecule has 1 aromatic heterocycles. The zero-order chi connectivity index (χ0) is 17.8. The Balaban J connectivity index is 1.69. The van der Waals surface area contributed by atoms with Gasteiger partial charge in [0.25, 0.3) is 5.91 Å². The number of aromatic nitrogens is 2. The van der Waals surface area contributed by atoms with E-state index < -0.39 is 0 Å². The smallest absolute Gasteiger partial charge is 0.287 e. The van der Waals surface area contributed by atoms with Crippen LogP contribution in [0.15, 0.2) is 65.6 Å². The van der Waals surface area contributed by atoms with Crippen molar-refractivity contribution in [1.29, 1.82) is 0 Å². The van der Waals surface area contributed by atoms with Gasteiger partial charge in [0, 0.05) is 15.6 Å². The molecule has 0 aliphatic rings. The van der Waals surface area contributed by atoms with Crippen LogP contribution in [0.5, 0.6) is 0 Å². The zero-order valence-corrected chi connectivity index (χ0v) is 15.2. The molecule has 3 N–H and O–H groups in total. The Labute approximate surface area is 154 Å². The Kier molecular flexibility index (Phi) is 5.00. The summed E-state index contributed by atoms with van der Waals surface area (Å²) in [6.07, 6.45) is 0. The number of hydrazine groups is 1. The van der Waals surface area contributed by atoms with Crippen molar-refractivity contribution < 1.29 is 4.79 Å². The van der Waals surface area contributed by atoms with E-state index in [-0.39, 0.29) is 5.91 Å². The van der Waals surface area contributed by atoms with Crippen molar-refractivity contribution in [3.63, 3.8) is 0 Å². The molecule has 3 aromatic rings. The second-order valence-corrected chi connectivity index (χ2v) is 6.42. The molecule has 126 valence electrons. The first-order valence-electron chi connectivity index (χ1n) is 7.68. The molecular weight excluding hydrogens is 380 g/mol. The predicted octanol–water partition coefficient (Wildman–Crippen LogP) is 4.05. The Morgan fingerprint density at radius 1 is 1.08 bits per heavy atom. The van der Waals surface area contributed by atoms with Crippen LogP contribution in [-0.2, 0) is 0 Å². The van der Waals surface area contributed by atoms with Crippen molar-refractivity contribution in [1.82, 2.24) is 21.0 Å². The van der Waals surface area contributed by atoms with Crippen LogP contribution >= 0.6 is 15.9 Å². The maximum Gasteiger partial charge on any atom is 0.287 e. The number of H-pyrrole nitrogens is 1. The van der Waals surface area contributed by atoms with Gasteiger partial charge in [0.2, 0.25) is 0 Å². The molecule has 0 bridgehead atoms. The molecule has 3 rings (SSSR count). The molecule has 0 fully saturated rings. The van der Waals surface area contributed by atoms with Crippen LogP contribution in [0.2, 0.25) is 0 Å². The van der Waals surface area contributed by atoms with Gasteiger partial charge < -0.3 is 0 Å². The van der Waals surface area contributed by atoms with E-state index in [4.69, 9.17) is 0 Å². The molecule has 0 aliphatic carbocycles. The number of hydrogen-bond acceptors (Lipinski definition) is 3. The molecule has 0 radical (unpaired) electrons. The van der Waals surface area contributed by atoms with Gasteiger partial charge in [-0.3, -0.25) is 20.7 Å². The van der Waals surface area contributed by atoms with E-state index in [9.17, 15) is 4.79 Å². The minimum Gasteiger partial charge on any atom is -0.298 e. The SMILES string of the molecule is C=C(NNC(=O)c1[nH]nc(-c2ccccc2)c1C)c1ccc(Br)cc1. The second kappa shape index (κ2) is 7.36. The minimum atomic E-state index is -0.301. The van der Waals surface area contributed by atoms with Gasteiger partial charge in [-0.25, -0.2) is 0 Å². The average Bonchev–Trinajstić information content (AvgIpc) is 3.02. The summed E-state index contributed by atoms with van der Waals surface area (Å²) in [5.41, 5.74) is 9.89. The van der Waals surface area contributed by atoms with Crippen molar-refractivity contribution in [2.45, 2.75) is 6.92 Å². The lowest BCUT2D eigenvalue weighted by Crippen LogP contribution is -2.36. The maximum absolute atomic E-state index is 12.4. The Bertz CT molecular complexity index is 901. The zero-order valence-electron chi connectivity index (χ0n) is 13.6. The fourth-order valence-electron chi connectivity index (χ4n) is 2.41. The summed E-state index contributed by atoms with van der Waals surface area (Å²) < 4.78 is 0.981. The summed E-state index contributed by atoms with van der Waals surface area (Å²) in [6, 6.07) is 17.4. The van der Waals surface area contributed by atoms with Crippen LogP contribution in [0.3, 0.4) is 0 Å². The number of carbonyl (C=O) groups is 1. The predicted molar refractivity (Wildman–Crippen MR) is 103 cm³/mol. The fourth-order valence-corrected chi connectivity index (χ4v) is 2.68. The topological polar surface area (TPSA) is 69.8 Å². The lowest BCUT2D eigenvalue weighted by molar-refractivity contribution is 0.0937. The van der Waals surface area contributed by atoms with Gasteiger partial charge in [-0.2, -0.15) is 5.10 Å². The summed E-state index contributed by atoms with van der Waals surface area (Å²) >= 11 is 3.39. The van der Waals surface area contributed by atoms with Gasteiger partial charge in [0.15, 0.2) is 0 Å². The maximum atomic E-state index is 12.4. The molecule has 1 amide bonds. The van der Waals surface area contributed by atoms with E-state index in [2.05, 4.69) is 43.6 Å². The summed E-state index contributed by atoms with van der Waals surface area (Å²) in [7, 11) is 0. The number of benzene rings is 2. The summed E-state index contributed by atoms with van der Waals surface area (Å²) in [6.45, 7) is 5.79. The van der Waals surface area contributed by atoms with Gasteiger partial charge >= 0.3 is 0 Å². The van der Waals surface area contributed by atoms with E-state index >= 15 is 0 Å². The monoisotopic (exact) mass is 396 g/mol. The third kappa shape index (κ3) is 3.80. The standard InChI is InChI=1S/C19H17BrN4O/c1-12-17(15-6-4-3-5-7-15)22-23-18(12)19(25)24-21-13(2)14-8-10-16(20)11-9-14/h3-11,21H,2H2,1H3,(H,22,23)(H,24,25). The quantitative estimate of drug-likeness (QED) is 0.569. The van der Waals surface area contributed by atoms with Crippen molar-refractivity contribution in [3.05, 3.63) is 82.5 Å². The van der Waals surface area contributed by atoms with E-state index in [1.807, 2.05) is 61.5 Å². The lowest BCUT2D eigenvalue weighted by Gasteiger charge is -2.11. The molecule has 0 spiro atoms. The van der Waals surface area contributed by atoms with Crippen LogP contribution in [0, 0.1) is 6.92 Å². The Morgan fingerprint density at radius 2 is 1.76 bits per heavy atom. The first kappa shape index (κ1) is 17.0. The first-order chi connectivity index (χ1) is 12.1. The molecule has 0 atom stereocenters. The number of nitrogens with one attached hydrogen (secondary N) is 3. The van der Waals surface area contributed by atoms with E-state index in [0.29, 0.717) is 11.4 Å². The third-order valence-corrected chi connectivity index (χ3v) is 4.33. The average molecular weight is 397 g/mol. The van der Waals surface area contributed by atoms with Gasteiger partial charge in [-0.1, -0.05) is 65.0 Å². The van der Waals surface area contributed by atoms with Gasteiger partial charge in [-0.15, -0.1) is 0 Å². The lowest BCUT2D eigenvalue weighted by atomic mass is 10.1. The molecule has 0 saturated carbocycles. The highest BCUT2D eigenvalue weighted by atomic mass is 79.9. The largest absolute Gasteiger partial charge is 0.298 e. The van der Waals surface area contributed by atoms with Gasteiger partial charge in [0.1, 0.15) is 5.69 Å². The van der Waals surface area contributed by atoms with Crippen molar-refractivity contribution in [3.8, 4) is 11.3 Å². The van der Waals surface area contributed by atoms with Crippen molar-refractivity contribution >= 4 is 27.5 Å².